The van der Waals surface area contributed by atoms with Crippen LogP contribution in [-0.2, 0) is 4.79 Å². The first kappa shape index (κ1) is 12.1. The van der Waals surface area contributed by atoms with Gasteiger partial charge in [-0.1, -0.05) is 12.0 Å². The number of carboxylic acid groups (broad SMARTS) is 1. The number of nitrogens with one attached hydrogen (secondary N) is 1. The molecule has 1 rings (SSSR count). The summed E-state index contributed by atoms with van der Waals surface area (Å²) in [4.78, 5) is 10.9. The number of terminal acetylenes is 1. The van der Waals surface area contributed by atoms with Gasteiger partial charge in [-0.3, -0.25) is 10.1 Å². The van der Waals surface area contributed by atoms with E-state index in [1.807, 2.05) is 0 Å². The van der Waals surface area contributed by atoms with Gasteiger partial charge in [0, 0.05) is 11.6 Å². The van der Waals surface area contributed by atoms with Crippen molar-refractivity contribution < 1.29 is 18.7 Å². The Kier molecular flexibility index (Phi) is 3.97. The minimum absolute atomic E-state index is 0.0201. The molecular formula is C11H9F2NO2. The zero-order valence-electron chi connectivity index (χ0n) is 8.21. The highest BCUT2D eigenvalue weighted by atomic mass is 19.1. The van der Waals surface area contributed by atoms with Crippen LogP contribution >= 0.6 is 0 Å². The molecule has 0 aromatic heterocycles. The van der Waals surface area contributed by atoms with Crippen molar-refractivity contribution in [1.82, 2.24) is 5.32 Å². The molecule has 1 aromatic carbocycles. The molecule has 84 valence electrons. The monoisotopic (exact) mass is 225 g/mol. The zero-order chi connectivity index (χ0) is 12.1. The lowest BCUT2D eigenvalue weighted by atomic mass is 10.1. The minimum atomic E-state index is -1.28. The quantitative estimate of drug-likeness (QED) is 0.759. The third kappa shape index (κ3) is 2.78. The second-order valence-corrected chi connectivity index (χ2v) is 3.02. The molecular weight excluding hydrogens is 216 g/mol. The number of carbonyl (C=O) groups is 1. The van der Waals surface area contributed by atoms with Gasteiger partial charge in [0.2, 0.25) is 0 Å². The number of rotatable bonds is 4. The molecule has 5 heteroatoms. The van der Waals surface area contributed by atoms with Gasteiger partial charge >= 0.3 is 5.97 Å². The summed E-state index contributed by atoms with van der Waals surface area (Å²) in [5.41, 5.74) is -0.149. The minimum Gasteiger partial charge on any atom is -0.480 e. The molecule has 0 amide bonds. The van der Waals surface area contributed by atoms with Crippen LogP contribution in [0, 0.1) is 24.0 Å². The molecule has 3 nitrogen and oxygen atoms in total. The van der Waals surface area contributed by atoms with Gasteiger partial charge in [-0.25, -0.2) is 8.78 Å². The normalized spacial score (nSPS) is 11.8. The fraction of sp³-hybridized carbons (Fsp3) is 0.182. The van der Waals surface area contributed by atoms with Crippen LogP contribution in [0.15, 0.2) is 18.2 Å². The van der Waals surface area contributed by atoms with Gasteiger partial charge in [-0.05, 0) is 6.07 Å². The maximum atomic E-state index is 13.3. The van der Waals surface area contributed by atoms with Crippen molar-refractivity contribution in [2.75, 3.05) is 6.54 Å². The van der Waals surface area contributed by atoms with Gasteiger partial charge < -0.3 is 5.11 Å². The molecule has 2 N–H and O–H groups in total. The van der Waals surface area contributed by atoms with Crippen molar-refractivity contribution in [1.29, 1.82) is 0 Å². The Morgan fingerprint density at radius 3 is 2.75 bits per heavy atom. The number of hydrogen-bond acceptors (Lipinski definition) is 2. The van der Waals surface area contributed by atoms with Crippen LogP contribution in [0.25, 0.3) is 0 Å². The van der Waals surface area contributed by atoms with Crippen LogP contribution in [0.4, 0.5) is 8.78 Å². The largest absolute Gasteiger partial charge is 0.480 e. The van der Waals surface area contributed by atoms with E-state index in [9.17, 15) is 13.6 Å². The Labute approximate surface area is 91.1 Å². The van der Waals surface area contributed by atoms with E-state index in [1.54, 1.807) is 0 Å². The van der Waals surface area contributed by atoms with Gasteiger partial charge in [0.15, 0.2) is 0 Å². The lowest BCUT2D eigenvalue weighted by molar-refractivity contribution is -0.139. The van der Waals surface area contributed by atoms with Gasteiger partial charge in [0.1, 0.15) is 17.7 Å². The highest BCUT2D eigenvalue weighted by Crippen LogP contribution is 2.18. The molecule has 0 saturated heterocycles. The SMILES string of the molecule is C#CCNC(C(=O)O)c1ccc(F)cc1F. The lowest BCUT2D eigenvalue weighted by Crippen LogP contribution is -2.29. The van der Waals surface area contributed by atoms with E-state index in [0.717, 1.165) is 12.1 Å². The Hall–Kier alpha value is -1.93. The van der Waals surface area contributed by atoms with E-state index >= 15 is 0 Å². The van der Waals surface area contributed by atoms with Crippen molar-refractivity contribution >= 4 is 5.97 Å². The number of carboxylic acids is 1. The van der Waals surface area contributed by atoms with Crippen LogP contribution in [0.2, 0.25) is 0 Å². The van der Waals surface area contributed by atoms with Crippen molar-refractivity contribution in [2.45, 2.75) is 6.04 Å². The van der Waals surface area contributed by atoms with E-state index in [2.05, 4.69) is 11.2 Å². The predicted molar refractivity (Wildman–Crippen MR) is 53.6 cm³/mol. The maximum Gasteiger partial charge on any atom is 0.325 e. The first-order valence-corrected chi connectivity index (χ1v) is 4.41. The van der Waals surface area contributed by atoms with Crippen molar-refractivity contribution in [2.24, 2.45) is 0 Å². The fourth-order valence-corrected chi connectivity index (χ4v) is 1.23. The average Bonchev–Trinajstić information content (AvgIpc) is 2.20. The number of benzene rings is 1. The highest BCUT2D eigenvalue weighted by Gasteiger charge is 2.22. The van der Waals surface area contributed by atoms with E-state index in [0.29, 0.717) is 6.07 Å². The second-order valence-electron chi connectivity index (χ2n) is 3.02. The molecule has 1 aromatic rings. The second kappa shape index (κ2) is 5.24. The van der Waals surface area contributed by atoms with Crippen LogP contribution in [-0.4, -0.2) is 17.6 Å². The third-order valence-electron chi connectivity index (χ3n) is 1.93. The van der Waals surface area contributed by atoms with Crippen LogP contribution in [0.5, 0.6) is 0 Å². The van der Waals surface area contributed by atoms with Crippen LogP contribution in [0.3, 0.4) is 0 Å². The molecule has 0 aliphatic heterocycles. The third-order valence-corrected chi connectivity index (χ3v) is 1.93. The Morgan fingerprint density at radius 2 is 2.25 bits per heavy atom. The Bertz CT molecular complexity index is 440. The molecule has 0 radical (unpaired) electrons. The van der Waals surface area contributed by atoms with Gasteiger partial charge in [-0.2, -0.15) is 0 Å². The maximum absolute atomic E-state index is 13.3. The van der Waals surface area contributed by atoms with Crippen LogP contribution < -0.4 is 5.32 Å². The number of hydrogen-bond donors (Lipinski definition) is 2. The fourth-order valence-electron chi connectivity index (χ4n) is 1.23. The Balaban J connectivity index is 3.02. The summed E-state index contributed by atoms with van der Waals surface area (Å²) in [6.45, 7) is -0.0201. The summed E-state index contributed by atoms with van der Waals surface area (Å²) in [6.07, 6.45) is 4.96. The summed E-state index contributed by atoms with van der Waals surface area (Å²) < 4.78 is 25.9. The van der Waals surface area contributed by atoms with Crippen molar-refractivity contribution in [3.63, 3.8) is 0 Å². The number of halogens is 2. The average molecular weight is 225 g/mol. The van der Waals surface area contributed by atoms with E-state index in [1.165, 1.54) is 0 Å². The highest BCUT2D eigenvalue weighted by molar-refractivity contribution is 5.75. The van der Waals surface area contributed by atoms with Gasteiger partial charge in [0.25, 0.3) is 0 Å². The molecule has 0 bridgehead atoms. The van der Waals surface area contributed by atoms with Gasteiger partial charge in [0.05, 0.1) is 6.54 Å². The van der Waals surface area contributed by atoms with E-state index < -0.39 is 23.6 Å². The Morgan fingerprint density at radius 1 is 1.56 bits per heavy atom. The predicted octanol–water partition coefficient (Wildman–Crippen LogP) is 1.31. The lowest BCUT2D eigenvalue weighted by Gasteiger charge is -2.13. The molecule has 0 aliphatic carbocycles. The topological polar surface area (TPSA) is 49.3 Å². The molecule has 1 unspecified atom stereocenters. The molecule has 1 atom stereocenters. The molecule has 0 spiro atoms. The zero-order valence-corrected chi connectivity index (χ0v) is 8.21. The summed E-state index contributed by atoms with van der Waals surface area (Å²) in [5, 5.41) is 11.3. The first-order chi connectivity index (χ1) is 7.56. The van der Waals surface area contributed by atoms with E-state index in [4.69, 9.17) is 11.5 Å². The van der Waals surface area contributed by atoms with Gasteiger partial charge in [-0.15, -0.1) is 6.42 Å². The smallest absolute Gasteiger partial charge is 0.325 e. The summed E-state index contributed by atoms with van der Waals surface area (Å²) in [7, 11) is 0. The molecule has 0 aliphatic rings. The van der Waals surface area contributed by atoms with E-state index in [-0.39, 0.29) is 12.1 Å². The molecule has 0 fully saturated rings. The van der Waals surface area contributed by atoms with Crippen molar-refractivity contribution in [3.8, 4) is 12.3 Å². The molecule has 0 heterocycles. The molecule has 16 heavy (non-hydrogen) atoms. The van der Waals surface area contributed by atoms with Crippen molar-refractivity contribution in [3.05, 3.63) is 35.4 Å². The standard InChI is InChI=1S/C11H9F2NO2/c1-2-5-14-10(11(15)16)8-4-3-7(12)6-9(8)13/h1,3-4,6,10,14H,5H2,(H,15,16). The first-order valence-electron chi connectivity index (χ1n) is 4.41. The summed E-state index contributed by atoms with van der Waals surface area (Å²) in [6, 6.07) is 1.42. The summed E-state index contributed by atoms with van der Waals surface area (Å²) in [5.74, 6) is -0.776. The summed E-state index contributed by atoms with van der Waals surface area (Å²) >= 11 is 0. The van der Waals surface area contributed by atoms with Crippen LogP contribution in [0.1, 0.15) is 11.6 Å². The molecule has 0 saturated carbocycles. The number of aliphatic carboxylic acids is 1.